The van der Waals surface area contributed by atoms with Crippen LogP contribution in [0.15, 0.2) is 35.4 Å². The van der Waals surface area contributed by atoms with Gasteiger partial charge in [0, 0.05) is 11.5 Å². The third-order valence-electron chi connectivity index (χ3n) is 2.02. The Kier molecular flexibility index (Phi) is 3.64. The lowest BCUT2D eigenvalue weighted by Gasteiger charge is -2.19. The Morgan fingerprint density at radius 3 is 2.00 bits per heavy atom. The normalized spacial score (nSPS) is 13.3. The molecule has 0 heterocycles. The van der Waals surface area contributed by atoms with Crippen LogP contribution in [0.3, 0.4) is 0 Å². The Balaban J connectivity index is 3.10. The van der Waals surface area contributed by atoms with E-state index in [2.05, 4.69) is 59.3 Å². The lowest BCUT2D eigenvalue weighted by molar-refractivity contribution is -0.877. The average Bonchev–Trinajstić information content (AvgIpc) is 2.14. The molecule has 0 saturated heterocycles. The summed E-state index contributed by atoms with van der Waals surface area (Å²) in [5.41, 5.74) is 2.39. The number of hydrogen-bond acceptors (Lipinski definition) is 1. The van der Waals surface area contributed by atoms with Crippen LogP contribution < -0.4 is 0 Å². The monoisotopic (exact) mass is 205 g/mol. The van der Waals surface area contributed by atoms with Crippen molar-refractivity contribution in [1.29, 1.82) is 0 Å². The summed E-state index contributed by atoms with van der Waals surface area (Å²) < 4.78 is 0.613. The van der Waals surface area contributed by atoms with E-state index in [1.165, 1.54) is 11.3 Å². The highest BCUT2D eigenvalue weighted by atomic mass is 15.6. The quantitative estimate of drug-likeness (QED) is 0.409. The van der Waals surface area contributed by atoms with E-state index >= 15 is 0 Å². The Labute approximate surface area is 92.8 Å². The highest BCUT2D eigenvalue weighted by Gasteiger charge is 2.14. The fourth-order valence-electron chi connectivity index (χ4n) is 1.44. The molecular formula is C13H21N2+. The van der Waals surface area contributed by atoms with Crippen molar-refractivity contribution >= 4 is 5.71 Å². The van der Waals surface area contributed by atoms with Crippen molar-refractivity contribution in [2.24, 2.45) is 11.0 Å². The second kappa shape index (κ2) is 4.58. The molecule has 0 aliphatic heterocycles. The summed E-state index contributed by atoms with van der Waals surface area (Å²) >= 11 is 0. The van der Waals surface area contributed by atoms with Gasteiger partial charge in [-0.2, -0.15) is 0 Å². The van der Waals surface area contributed by atoms with Gasteiger partial charge in [-0.05, 0) is 0 Å². The van der Waals surface area contributed by atoms with Gasteiger partial charge in [-0.15, -0.1) is 0 Å². The Hall–Kier alpha value is -1.15. The Morgan fingerprint density at radius 1 is 1.07 bits per heavy atom. The molecular weight excluding hydrogens is 184 g/mol. The topological polar surface area (TPSA) is 12.4 Å². The molecule has 0 amide bonds. The van der Waals surface area contributed by atoms with Gasteiger partial charge in [-0.1, -0.05) is 49.3 Å². The van der Waals surface area contributed by atoms with Crippen molar-refractivity contribution in [3.8, 4) is 0 Å². The molecule has 2 heteroatoms. The average molecular weight is 205 g/mol. The maximum atomic E-state index is 4.73. The lowest BCUT2D eigenvalue weighted by Crippen LogP contribution is -2.30. The number of hydrogen-bond donors (Lipinski definition) is 0. The summed E-state index contributed by atoms with van der Waals surface area (Å²) in [6.45, 7) is 4.36. The molecule has 15 heavy (non-hydrogen) atoms. The van der Waals surface area contributed by atoms with Gasteiger partial charge in [-0.25, -0.2) is 4.59 Å². The summed E-state index contributed by atoms with van der Waals surface area (Å²) in [6.07, 6.45) is 0. The molecule has 0 radical (unpaired) electrons. The minimum atomic E-state index is 0.449. The largest absolute Gasteiger partial charge is 0.205 e. The van der Waals surface area contributed by atoms with Crippen molar-refractivity contribution in [3.05, 3.63) is 35.9 Å². The summed E-state index contributed by atoms with van der Waals surface area (Å²) in [6, 6.07) is 10.4. The van der Waals surface area contributed by atoms with Crippen molar-refractivity contribution in [2.75, 3.05) is 21.1 Å². The second-order valence-corrected chi connectivity index (χ2v) is 4.95. The molecule has 0 bridgehead atoms. The lowest BCUT2D eigenvalue weighted by atomic mass is 10.0. The van der Waals surface area contributed by atoms with Crippen molar-refractivity contribution in [2.45, 2.75) is 13.8 Å². The maximum absolute atomic E-state index is 4.73. The first-order valence-electron chi connectivity index (χ1n) is 5.37. The highest BCUT2D eigenvalue weighted by molar-refractivity contribution is 6.01. The Morgan fingerprint density at radius 2 is 1.60 bits per heavy atom. The van der Waals surface area contributed by atoms with E-state index in [0.717, 1.165) is 0 Å². The first kappa shape index (κ1) is 11.9. The molecule has 0 aliphatic carbocycles. The minimum Gasteiger partial charge on any atom is -0.205 e. The second-order valence-electron chi connectivity index (χ2n) is 4.95. The van der Waals surface area contributed by atoms with Crippen LogP contribution in [-0.2, 0) is 0 Å². The predicted molar refractivity (Wildman–Crippen MR) is 65.8 cm³/mol. The molecule has 0 spiro atoms. The van der Waals surface area contributed by atoms with Gasteiger partial charge in [0.05, 0.1) is 21.1 Å². The zero-order valence-electron chi connectivity index (χ0n) is 10.4. The Bertz CT molecular complexity index is 331. The zero-order chi connectivity index (χ0) is 11.5. The van der Waals surface area contributed by atoms with Crippen LogP contribution in [0.2, 0.25) is 0 Å². The maximum Gasteiger partial charge on any atom is 0.106 e. The number of benzene rings is 1. The minimum absolute atomic E-state index is 0.449. The first-order chi connectivity index (χ1) is 6.90. The van der Waals surface area contributed by atoms with Crippen LogP contribution >= 0.6 is 0 Å². The highest BCUT2D eigenvalue weighted by Crippen LogP contribution is 2.11. The van der Waals surface area contributed by atoms with Gasteiger partial charge in [0.15, 0.2) is 0 Å². The van der Waals surface area contributed by atoms with Crippen molar-refractivity contribution in [3.63, 3.8) is 0 Å². The van der Waals surface area contributed by atoms with Crippen LogP contribution in [0, 0.1) is 5.92 Å². The van der Waals surface area contributed by atoms with Gasteiger partial charge in [0.25, 0.3) is 0 Å². The van der Waals surface area contributed by atoms with Crippen molar-refractivity contribution in [1.82, 2.24) is 0 Å². The van der Waals surface area contributed by atoms with E-state index in [1.807, 2.05) is 6.07 Å². The summed E-state index contributed by atoms with van der Waals surface area (Å²) in [5.74, 6) is 0.449. The van der Waals surface area contributed by atoms with E-state index in [-0.39, 0.29) is 0 Å². The summed E-state index contributed by atoms with van der Waals surface area (Å²) in [7, 11) is 6.22. The van der Waals surface area contributed by atoms with E-state index in [1.54, 1.807) is 0 Å². The molecule has 82 valence electrons. The SMILES string of the molecule is CC(C)/C(=N\[N+](C)(C)C)c1ccccc1. The molecule has 0 atom stereocenters. The van der Waals surface area contributed by atoms with Crippen LogP contribution in [0.1, 0.15) is 19.4 Å². The first-order valence-corrected chi connectivity index (χ1v) is 5.37. The molecule has 1 aromatic carbocycles. The van der Waals surface area contributed by atoms with Crippen molar-refractivity contribution < 1.29 is 4.59 Å². The molecule has 0 unspecified atom stereocenters. The number of quaternary nitrogens is 1. The van der Waals surface area contributed by atoms with Crippen LogP contribution in [0.25, 0.3) is 0 Å². The summed E-state index contributed by atoms with van der Waals surface area (Å²) in [4.78, 5) is 0. The van der Waals surface area contributed by atoms with E-state index in [4.69, 9.17) is 5.10 Å². The van der Waals surface area contributed by atoms with E-state index in [0.29, 0.717) is 10.5 Å². The third kappa shape index (κ3) is 3.84. The molecule has 0 saturated carbocycles. The fourth-order valence-corrected chi connectivity index (χ4v) is 1.44. The van der Waals surface area contributed by atoms with Gasteiger partial charge in [0.2, 0.25) is 0 Å². The zero-order valence-corrected chi connectivity index (χ0v) is 10.4. The molecule has 0 N–H and O–H groups in total. The van der Waals surface area contributed by atoms with Gasteiger partial charge in [0.1, 0.15) is 5.71 Å². The van der Waals surface area contributed by atoms with E-state index < -0.39 is 0 Å². The predicted octanol–water partition coefficient (Wildman–Crippen LogP) is 2.75. The van der Waals surface area contributed by atoms with Gasteiger partial charge in [-0.3, -0.25) is 0 Å². The summed E-state index contributed by atoms with van der Waals surface area (Å²) in [5, 5.41) is 4.73. The van der Waals surface area contributed by atoms with E-state index in [9.17, 15) is 0 Å². The smallest absolute Gasteiger partial charge is 0.106 e. The van der Waals surface area contributed by atoms with Gasteiger partial charge < -0.3 is 0 Å². The molecule has 0 aromatic heterocycles. The van der Waals surface area contributed by atoms with Crippen LogP contribution in [0.5, 0.6) is 0 Å². The fraction of sp³-hybridized carbons (Fsp3) is 0.462. The molecule has 0 aliphatic rings. The number of nitrogens with zero attached hydrogens (tertiary/aromatic N) is 2. The molecule has 0 fully saturated rings. The van der Waals surface area contributed by atoms with Gasteiger partial charge >= 0.3 is 0 Å². The van der Waals surface area contributed by atoms with Crippen LogP contribution in [-0.4, -0.2) is 31.4 Å². The van der Waals surface area contributed by atoms with Crippen LogP contribution in [0.4, 0.5) is 0 Å². The molecule has 1 rings (SSSR count). The number of rotatable bonds is 3. The molecule has 1 aromatic rings. The third-order valence-corrected chi connectivity index (χ3v) is 2.02. The molecule has 2 nitrogen and oxygen atoms in total. The standard InChI is InChI=1S/C13H21N2/c1-11(2)13(14-15(3,4)5)12-9-7-6-8-10-12/h6-11H,1-5H3/q+1/b14-13+.